The lowest BCUT2D eigenvalue weighted by molar-refractivity contribution is 1.49. The Kier molecular flexibility index (Phi) is 2.49. The number of hydrogen-bond acceptors (Lipinski definition) is 1. The molecule has 0 aliphatic carbocycles. The van der Waals surface area contributed by atoms with E-state index in [0.717, 1.165) is 11.0 Å². The maximum Gasteiger partial charge on any atom is 0.0715 e. The summed E-state index contributed by atoms with van der Waals surface area (Å²) in [7, 11) is 0. The fourth-order valence-corrected chi connectivity index (χ4v) is 2.58. The van der Waals surface area contributed by atoms with Gasteiger partial charge in [0.25, 0.3) is 0 Å². The van der Waals surface area contributed by atoms with Gasteiger partial charge < -0.3 is 0 Å². The number of nitrogens with zero attached hydrogens (tertiary/aromatic N) is 1. The van der Waals surface area contributed by atoms with Crippen LogP contribution in [0.2, 0.25) is 0 Å². The molecular formula is C19H13N. The molecule has 0 radical (unpaired) electrons. The maximum atomic E-state index is 4.76. The molecule has 0 fully saturated rings. The molecule has 0 atom stereocenters. The zero-order chi connectivity index (χ0) is 13.4. The Balaban J connectivity index is 1.97. The molecule has 94 valence electrons. The zero-order valence-corrected chi connectivity index (χ0v) is 11.0. The second-order valence-corrected chi connectivity index (χ2v) is 4.95. The number of benzene rings is 3. The standard InChI is InChI=1S/C19H13N/c1-2-6-14(7-3-1)15-10-11-17-12-16-8-4-5-9-18(16)20-19(17)13-15/h1-13H. The normalized spacial score (nSPS) is 11.0. The zero-order valence-electron chi connectivity index (χ0n) is 11.0. The van der Waals surface area contributed by atoms with Crippen molar-refractivity contribution in [3.05, 3.63) is 78.9 Å². The minimum absolute atomic E-state index is 1.05. The van der Waals surface area contributed by atoms with Gasteiger partial charge in [-0.3, -0.25) is 0 Å². The molecule has 0 aliphatic rings. The molecule has 3 aromatic carbocycles. The summed E-state index contributed by atoms with van der Waals surface area (Å²) in [4.78, 5) is 4.76. The van der Waals surface area contributed by atoms with E-state index in [0.29, 0.717) is 0 Å². The van der Waals surface area contributed by atoms with E-state index < -0.39 is 0 Å². The molecule has 1 aromatic heterocycles. The molecule has 0 unspecified atom stereocenters. The van der Waals surface area contributed by atoms with Crippen LogP contribution in [0.5, 0.6) is 0 Å². The second kappa shape index (κ2) is 4.46. The second-order valence-electron chi connectivity index (χ2n) is 4.95. The third kappa shape index (κ3) is 1.84. The molecule has 0 spiro atoms. The number of fused-ring (bicyclic) bond motifs is 2. The molecule has 0 N–H and O–H groups in total. The highest BCUT2D eigenvalue weighted by Gasteiger charge is 2.02. The third-order valence-corrected chi connectivity index (χ3v) is 3.63. The topological polar surface area (TPSA) is 12.9 Å². The number of para-hydroxylation sites is 1. The van der Waals surface area contributed by atoms with Gasteiger partial charge >= 0.3 is 0 Å². The van der Waals surface area contributed by atoms with Crippen LogP contribution in [0.1, 0.15) is 0 Å². The summed E-state index contributed by atoms with van der Waals surface area (Å²) in [5, 5.41) is 2.37. The van der Waals surface area contributed by atoms with Crippen molar-refractivity contribution in [1.82, 2.24) is 4.98 Å². The average molecular weight is 255 g/mol. The van der Waals surface area contributed by atoms with Crippen molar-refractivity contribution in [3.8, 4) is 11.1 Å². The van der Waals surface area contributed by atoms with Crippen LogP contribution < -0.4 is 0 Å². The van der Waals surface area contributed by atoms with Crippen LogP contribution in [-0.4, -0.2) is 4.98 Å². The van der Waals surface area contributed by atoms with E-state index >= 15 is 0 Å². The van der Waals surface area contributed by atoms with Gasteiger partial charge in [-0.25, -0.2) is 4.98 Å². The van der Waals surface area contributed by atoms with E-state index in [1.54, 1.807) is 0 Å². The van der Waals surface area contributed by atoms with Crippen LogP contribution in [0, 0.1) is 0 Å². The number of aromatic nitrogens is 1. The van der Waals surface area contributed by atoms with Crippen LogP contribution in [0.3, 0.4) is 0 Å². The van der Waals surface area contributed by atoms with Crippen molar-refractivity contribution in [1.29, 1.82) is 0 Å². The van der Waals surface area contributed by atoms with Crippen molar-refractivity contribution in [2.24, 2.45) is 0 Å². The van der Waals surface area contributed by atoms with Crippen molar-refractivity contribution < 1.29 is 0 Å². The molecule has 4 aromatic rings. The smallest absolute Gasteiger partial charge is 0.0715 e. The highest BCUT2D eigenvalue weighted by Crippen LogP contribution is 2.25. The molecule has 1 heteroatoms. The van der Waals surface area contributed by atoms with E-state index in [1.807, 2.05) is 18.2 Å². The van der Waals surface area contributed by atoms with Crippen molar-refractivity contribution in [2.75, 3.05) is 0 Å². The van der Waals surface area contributed by atoms with Gasteiger partial charge in [0.1, 0.15) is 0 Å². The lowest BCUT2D eigenvalue weighted by atomic mass is 10.0. The summed E-state index contributed by atoms with van der Waals surface area (Å²) in [6, 6.07) is 27.3. The molecule has 1 heterocycles. The van der Waals surface area contributed by atoms with E-state index in [1.165, 1.54) is 21.9 Å². The van der Waals surface area contributed by atoms with Crippen LogP contribution in [0.15, 0.2) is 78.9 Å². The van der Waals surface area contributed by atoms with Crippen molar-refractivity contribution in [3.63, 3.8) is 0 Å². The number of hydrogen-bond donors (Lipinski definition) is 0. The Labute approximate surface area is 117 Å². The first-order valence-corrected chi connectivity index (χ1v) is 6.75. The first-order chi connectivity index (χ1) is 9.90. The monoisotopic (exact) mass is 255 g/mol. The SMILES string of the molecule is c1ccc(-c2ccc3cc4ccccc4nc3c2)cc1. The summed E-state index contributed by atoms with van der Waals surface area (Å²) < 4.78 is 0. The number of rotatable bonds is 1. The van der Waals surface area contributed by atoms with Crippen molar-refractivity contribution in [2.45, 2.75) is 0 Å². The summed E-state index contributed by atoms with van der Waals surface area (Å²) in [6.07, 6.45) is 0. The lowest BCUT2D eigenvalue weighted by Crippen LogP contribution is -1.84. The Bertz CT molecular complexity index is 895. The summed E-state index contributed by atoms with van der Waals surface area (Å²) in [5.74, 6) is 0. The molecule has 1 nitrogen and oxygen atoms in total. The van der Waals surface area contributed by atoms with Gasteiger partial charge in [0.05, 0.1) is 11.0 Å². The fraction of sp³-hybridized carbons (Fsp3) is 0. The molecule has 0 saturated carbocycles. The van der Waals surface area contributed by atoms with E-state index in [-0.39, 0.29) is 0 Å². The average Bonchev–Trinajstić information content (AvgIpc) is 2.53. The molecular weight excluding hydrogens is 242 g/mol. The Hall–Kier alpha value is -2.67. The highest BCUT2D eigenvalue weighted by molar-refractivity contribution is 5.94. The van der Waals surface area contributed by atoms with Gasteiger partial charge in [0.15, 0.2) is 0 Å². The van der Waals surface area contributed by atoms with E-state index in [9.17, 15) is 0 Å². The predicted octanol–water partition coefficient (Wildman–Crippen LogP) is 5.06. The van der Waals surface area contributed by atoms with E-state index in [4.69, 9.17) is 4.98 Å². The van der Waals surface area contributed by atoms with Gasteiger partial charge in [0.2, 0.25) is 0 Å². The molecule has 20 heavy (non-hydrogen) atoms. The molecule has 0 bridgehead atoms. The first-order valence-electron chi connectivity index (χ1n) is 6.75. The molecule has 0 aliphatic heterocycles. The Morgan fingerprint density at radius 2 is 1.25 bits per heavy atom. The predicted molar refractivity (Wildman–Crippen MR) is 84.7 cm³/mol. The fourth-order valence-electron chi connectivity index (χ4n) is 2.58. The minimum Gasteiger partial charge on any atom is -0.248 e. The van der Waals surface area contributed by atoms with Crippen LogP contribution in [0.25, 0.3) is 32.9 Å². The third-order valence-electron chi connectivity index (χ3n) is 3.63. The van der Waals surface area contributed by atoms with Crippen LogP contribution in [0.4, 0.5) is 0 Å². The van der Waals surface area contributed by atoms with Gasteiger partial charge in [-0.2, -0.15) is 0 Å². The van der Waals surface area contributed by atoms with E-state index in [2.05, 4.69) is 60.7 Å². The summed E-state index contributed by atoms with van der Waals surface area (Å²) in [6.45, 7) is 0. The summed E-state index contributed by atoms with van der Waals surface area (Å²) in [5.41, 5.74) is 4.53. The molecule has 0 saturated heterocycles. The van der Waals surface area contributed by atoms with Gasteiger partial charge in [0, 0.05) is 10.8 Å². The molecule has 0 amide bonds. The van der Waals surface area contributed by atoms with Gasteiger partial charge in [-0.1, -0.05) is 60.7 Å². The summed E-state index contributed by atoms with van der Waals surface area (Å²) >= 11 is 0. The number of pyridine rings is 1. The first kappa shape index (κ1) is 11.2. The highest BCUT2D eigenvalue weighted by atomic mass is 14.7. The van der Waals surface area contributed by atoms with Gasteiger partial charge in [-0.15, -0.1) is 0 Å². The van der Waals surface area contributed by atoms with Crippen LogP contribution in [-0.2, 0) is 0 Å². The Morgan fingerprint density at radius 1 is 0.500 bits per heavy atom. The minimum atomic E-state index is 1.05. The van der Waals surface area contributed by atoms with Gasteiger partial charge in [-0.05, 0) is 29.3 Å². The van der Waals surface area contributed by atoms with Crippen molar-refractivity contribution >= 4 is 21.8 Å². The largest absolute Gasteiger partial charge is 0.248 e. The molecule has 4 rings (SSSR count). The quantitative estimate of drug-likeness (QED) is 0.433. The van der Waals surface area contributed by atoms with Crippen LogP contribution >= 0.6 is 0 Å². The maximum absolute atomic E-state index is 4.76. The Morgan fingerprint density at radius 3 is 2.15 bits per heavy atom. The lowest BCUT2D eigenvalue weighted by Gasteiger charge is -2.05.